The fourth-order valence-electron chi connectivity index (χ4n) is 12.7. The van der Waals surface area contributed by atoms with Crippen LogP contribution in [0.4, 0.5) is 0 Å². The van der Waals surface area contributed by atoms with Crippen molar-refractivity contribution in [3.63, 3.8) is 0 Å². The summed E-state index contributed by atoms with van der Waals surface area (Å²) >= 11 is 0. The first-order chi connectivity index (χ1) is 50.7. The third-order valence-corrected chi connectivity index (χ3v) is 21.3. The molecule has 3 N–H and O–H groups in total. The summed E-state index contributed by atoms with van der Waals surface area (Å²) in [6.45, 7) is 5.00. The highest BCUT2D eigenvalue weighted by atomic mass is 31.2. The number of phosphoric ester groups is 2. The number of esters is 4. The van der Waals surface area contributed by atoms with Crippen molar-refractivity contribution in [2.75, 3.05) is 39.6 Å². The lowest BCUT2D eigenvalue weighted by Gasteiger charge is -2.21. The van der Waals surface area contributed by atoms with E-state index in [1.807, 2.05) is 0 Å². The van der Waals surface area contributed by atoms with Gasteiger partial charge in [-0.2, -0.15) is 0 Å². The monoisotopic (exact) mass is 1520 g/mol. The fraction of sp³-hybridized carbons (Fsp3) is 0.906. The number of allylic oxidation sites excluding steroid dienone is 4. The molecule has 0 saturated carbocycles. The summed E-state index contributed by atoms with van der Waals surface area (Å²) < 4.78 is 68.9. The molecule has 104 heavy (non-hydrogen) atoms. The van der Waals surface area contributed by atoms with Crippen LogP contribution in [-0.4, -0.2) is 96.7 Å². The van der Waals surface area contributed by atoms with E-state index in [2.05, 4.69) is 52.0 Å². The third-order valence-electron chi connectivity index (χ3n) is 19.4. The average molecular weight is 1520 g/mol. The number of phosphoric acid groups is 2. The van der Waals surface area contributed by atoms with Crippen molar-refractivity contribution in [2.24, 2.45) is 0 Å². The Morgan fingerprint density at radius 2 is 0.442 bits per heavy atom. The van der Waals surface area contributed by atoms with Gasteiger partial charge >= 0.3 is 39.5 Å². The summed E-state index contributed by atoms with van der Waals surface area (Å²) in [5.74, 6) is -2.13. The van der Waals surface area contributed by atoms with E-state index >= 15 is 0 Å². The number of aliphatic hydroxyl groups excluding tert-OH is 1. The lowest BCUT2D eigenvalue weighted by Crippen LogP contribution is -2.30. The largest absolute Gasteiger partial charge is 0.472 e. The van der Waals surface area contributed by atoms with Crippen molar-refractivity contribution in [1.82, 2.24) is 0 Å². The van der Waals surface area contributed by atoms with Gasteiger partial charge in [0.25, 0.3) is 0 Å². The molecule has 0 fully saturated rings. The standard InChI is InChI=1S/C85H162O17P2/c1-5-9-13-17-21-25-29-33-37-39-43-46-50-54-58-62-66-70-83(88)96-76-81(102-85(90)72-68-64-60-56-52-48-44-40-38-34-30-26-22-18-14-10-6-2)78-100-104(93,94)98-74-79(86)73-97-103(91,92)99-77-80(101-84(89)71-67-63-59-55-51-47-42-36-32-28-24-20-16-12-8-4)75-95-82(87)69-65-61-57-53-49-45-41-35-31-27-23-19-15-11-7-3/h35-36,41-42,79-81,86H,5-34,37-40,43-78H2,1-4H3,(H,91,92)(H,93,94)/b41-35-,42-36-/t79-,80+,81+/m0/s1. The maximum Gasteiger partial charge on any atom is 0.472 e. The van der Waals surface area contributed by atoms with Gasteiger partial charge < -0.3 is 33.8 Å². The first-order valence-corrected chi connectivity index (χ1v) is 46.6. The number of unbranched alkanes of at least 4 members (excludes halogenated alkanes) is 54. The molecule has 0 aromatic carbocycles. The number of hydrogen-bond donors (Lipinski definition) is 3. The van der Waals surface area contributed by atoms with Crippen molar-refractivity contribution >= 4 is 39.5 Å². The Morgan fingerprint density at radius 3 is 0.663 bits per heavy atom. The maximum atomic E-state index is 13.1. The molecular formula is C85H162O17P2. The summed E-state index contributed by atoms with van der Waals surface area (Å²) in [6.07, 6.45) is 75.6. The predicted molar refractivity (Wildman–Crippen MR) is 428 cm³/mol. The van der Waals surface area contributed by atoms with Gasteiger partial charge in [-0.15, -0.1) is 0 Å². The van der Waals surface area contributed by atoms with Crippen LogP contribution >= 0.6 is 15.6 Å². The van der Waals surface area contributed by atoms with Crippen LogP contribution in [0, 0.1) is 0 Å². The van der Waals surface area contributed by atoms with Crippen LogP contribution in [0.15, 0.2) is 24.3 Å². The van der Waals surface area contributed by atoms with E-state index in [0.29, 0.717) is 25.7 Å². The van der Waals surface area contributed by atoms with Crippen molar-refractivity contribution < 1.29 is 80.2 Å². The minimum atomic E-state index is -4.97. The minimum absolute atomic E-state index is 0.0912. The zero-order valence-electron chi connectivity index (χ0n) is 67.5. The predicted octanol–water partition coefficient (Wildman–Crippen LogP) is 25.7. The smallest absolute Gasteiger partial charge is 0.462 e. The van der Waals surface area contributed by atoms with Crippen LogP contribution in [0.2, 0.25) is 0 Å². The topological polar surface area (TPSA) is 237 Å². The highest BCUT2D eigenvalue weighted by molar-refractivity contribution is 7.47. The number of hydrogen-bond acceptors (Lipinski definition) is 15. The van der Waals surface area contributed by atoms with Crippen LogP contribution in [0.5, 0.6) is 0 Å². The van der Waals surface area contributed by atoms with Gasteiger partial charge in [-0.05, 0) is 77.0 Å². The van der Waals surface area contributed by atoms with Gasteiger partial charge in [0.05, 0.1) is 26.4 Å². The minimum Gasteiger partial charge on any atom is -0.462 e. The lowest BCUT2D eigenvalue weighted by molar-refractivity contribution is -0.161. The van der Waals surface area contributed by atoms with Gasteiger partial charge in [-0.25, -0.2) is 9.13 Å². The van der Waals surface area contributed by atoms with Gasteiger partial charge in [-0.1, -0.05) is 360 Å². The molecule has 0 rings (SSSR count). The van der Waals surface area contributed by atoms with Crippen molar-refractivity contribution in [3.05, 3.63) is 24.3 Å². The Bertz CT molecular complexity index is 2060. The van der Waals surface area contributed by atoms with Crippen LogP contribution in [-0.2, 0) is 65.4 Å². The van der Waals surface area contributed by atoms with E-state index in [0.717, 1.165) is 122 Å². The molecule has 0 aliphatic heterocycles. The normalized spacial score (nSPS) is 13.9. The molecular weight excluding hydrogens is 1350 g/mol. The first-order valence-electron chi connectivity index (χ1n) is 43.6. The van der Waals surface area contributed by atoms with Crippen LogP contribution < -0.4 is 0 Å². The molecule has 0 aromatic heterocycles. The highest BCUT2D eigenvalue weighted by Crippen LogP contribution is 2.45. The van der Waals surface area contributed by atoms with E-state index in [1.165, 1.54) is 238 Å². The Kier molecular flexibility index (Phi) is 76.8. The number of carbonyl (C=O) groups excluding carboxylic acids is 4. The van der Waals surface area contributed by atoms with Gasteiger partial charge in [-0.3, -0.25) is 37.3 Å². The Hall–Kier alpha value is -2.46. The lowest BCUT2D eigenvalue weighted by atomic mass is 10.0. The summed E-state index contributed by atoms with van der Waals surface area (Å²) in [5, 5.41) is 10.7. The molecule has 0 amide bonds. The summed E-state index contributed by atoms with van der Waals surface area (Å²) in [5.41, 5.74) is 0. The maximum absolute atomic E-state index is 13.1. The zero-order chi connectivity index (χ0) is 76.0. The Morgan fingerprint density at radius 1 is 0.260 bits per heavy atom. The molecule has 19 heteroatoms. The van der Waals surface area contributed by atoms with E-state index in [9.17, 15) is 43.2 Å². The van der Waals surface area contributed by atoms with E-state index < -0.39 is 97.5 Å². The second kappa shape index (κ2) is 78.7. The molecule has 0 aliphatic carbocycles. The quantitative estimate of drug-likeness (QED) is 0.0169. The molecule has 0 spiro atoms. The second-order valence-corrected chi connectivity index (χ2v) is 32.8. The van der Waals surface area contributed by atoms with E-state index in [4.69, 9.17) is 37.0 Å². The molecule has 0 aliphatic rings. The fourth-order valence-corrected chi connectivity index (χ4v) is 14.3. The second-order valence-electron chi connectivity index (χ2n) is 29.8. The molecule has 17 nitrogen and oxygen atoms in total. The molecule has 0 heterocycles. The Labute approximate surface area is 637 Å². The van der Waals surface area contributed by atoms with Gasteiger partial charge in [0.2, 0.25) is 0 Å². The molecule has 0 saturated heterocycles. The SMILES string of the molecule is CCCCCCCC/C=C\CCCCCCCC(=O)OC[C@H](COP(=O)(O)OC[C@H](O)COP(=O)(O)OC[C@@H](COC(=O)CCCCCCCCCCCCCCCCCCC)OC(=O)CCCCCCCCCCCCCCCCCCC)OC(=O)CCCCCCC/C=C\CCCCCCCC. The van der Waals surface area contributed by atoms with Gasteiger partial charge in [0.15, 0.2) is 12.2 Å². The Balaban J connectivity index is 5.30. The number of carbonyl (C=O) groups is 4. The van der Waals surface area contributed by atoms with Gasteiger partial charge in [0.1, 0.15) is 19.3 Å². The molecule has 5 atom stereocenters. The van der Waals surface area contributed by atoms with Crippen molar-refractivity contribution in [1.29, 1.82) is 0 Å². The van der Waals surface area contributed by atoms with Crippen molar-refractivity contribution in [2.45, 2.75) is 457 Å². The molecule has 0 bridgehead atoms. The van der Waals surface area contributed by atoms with Gasteiger partial charge in [0, 0.05) is 25.7 Å². The summed E-state index contributed by atoms with van der Waals surface area (Å²) in [7, 11) is -9.94. The average Bonchev–Trinajstić information content (AvgIpc) is 0.926. The zero-order valence-corrected chi connectivity index (χ0v) is 69.3. The number of rotatable bonds is 84. The third kappa shape index (κ3) is 77.7. The summed E-state index contributed by atoms with van der Waals surface area (Å²) in [6, 6.07) is 0. The highest BCUT2D eigenvalue weighted by Gasteiger charge is 2.30. The molecule has 0 aromatic rings. The van der Waals surface area contributed by atoms with Crippen LogP contribution in [0.3, 0.4) is 0 Å². The molecule has 614 valence electrons. The van der Waals surface area contributed by atoms with E-state index in [1.54, 1.807) is 0 Å². The molecule has 2 unspecified atom stereocenters. The van der Waals surface area contributed by atoms with Crippen LogP contribution in [0.25, 0.3) is 0 Å². The first kappa shape index (κ1) is 102. The van der Waals surface area contributed by atoms with E-state index in [-0.39, 0.29) is 25.7 Å². The number of ether oxygens (including phenoxy) is 4. The van der Waals surface area contributed by atoms with Crippen molar-refractivity contribution in [3.8, 4) is 0 Å². The van der Waals surface area contributed by atoms with Crippen LogP contribution in [0.1, 0.15) is 439 Å². The number of aliphatic hydroxyl groups is 1. The molecule has 0 radical (unpaired) electrons. The summed E-state index contributed by atoms with van der Waals surface area (Å²) in [4.78, 5) is 73.2.